The zero-order valence-electron chi connectivity index (χ0n) is 14.5. The Morgan fingerprint density at radius 3 is 2.58 bits per heavy atom. The Balaban J connectivity index is 1.66. The minimum absolute atomic E-state index is 0.0557. The number of nitrogens with zero attached hydrogens (tertiary/aromatic N) is 1. The number of carbonyl (C=O) groups is 1. The molecule has 0 saturated carbocycles. The lowest BCUT2D eigenvalue weighted by Crippen LogP contribution is -2.44. The van der Waals surface area contributed by atoms with E-state index in [2.05, 4.69) is 22.3 Å². The fourth-order valence-corrected chi connectivity index (χ4v) is 3.39. The van der Waals surface area contributed by atoms with E-state index in [1.807, 2.05) is 18.2 Å². The molecule has 2 aromatic carbocycles. The van der Waals surface area contributed by atoms with Gasteiger partial charge in [0.25, 0.3) is 0 Å². The summed E-state index contributed by atoms with van der Waals surface area (Å²) in [5.41, 5.74) is 1.37. The Morgan fingerprint density at radius 2 is 1.88 bits per heavy atom. The fraction of sp³-hybridized carbons (Fsp3) is 0.350. The van der Waals surface area contributed by atoms with Crippen molar-refractivity contribution in [3.63, 3.8) is 0 Å². The Morgan fingerprint density at radius 1 is 1.15 bits per heavy atom. The van der Waals surface area contributed by atoms with Gasteiger partial charge >= 0.3 is 0 Å². The van der Waals surface area contributed by atoms with Gasteiger partial charge in [-0.3, -0.25) is 9.69 Å². The van der Waals surface area contributed by atoms with Crippen LogP contribution in [-0.2, 0) is 16.0 Å². The molecule has 1 saturated heterocycles. The maximum absolute atomic E-state index is 13.9. The molecule has 1 unspecified atom stereocenters. The van der Waals surface area contributed by atoms with Crippen molar-refractivity contribution in [2.75, 3.05) is 32.8 Å². The van der Waals surface area contributed by atoms with Gasteiger partial charge in [-0.15, -0.1) is 0 Å². The molecular weight excluding hydrogens is 355 g/mol. The van der Waals surface area contributed by atoms with E-state index < -0.39 is 5.82 Å². The smallest absolute Gasteiger partial charge is 0.224 e. The number of nitrogens with one attached hydrogen (secondary N) is 1. The molecule has 26 heavy (non-hydrogen) atoms. The van der Waals surface area contributed by atoms with Gasteiger partial charge in [-0.25, -0.2) is 4.39 Å². The van der Waals surface area contributed by atoms with Gasteiger partial charge in [-0.05, 0) is 17.7 Å². The van der Waals surface area contributed by atoms with Crippen LogP contribution in [0.25, 0.3) is 0 Å². The van der Waals surface area contributed by atoms with E-state index in [0.29, 0.717) is 19.8 Å². The van der Waals surface area contributed by atoms with Crippen LogP contribution >= 0.6 is 11.6 Å². The molecule has 2 aromatic rings. The van der Waals surface area contributed by atoms with Crippen LogP contribution in [0.15, 0.2) is 48.5 Å². The largest absolute Gasteiger partial charge is 0.379 e. The highest BCUT2D eigenvalue weighted by Crippen LogP contribution is 2.22. The minimum Gasteiger partial charge on any atom is -0.379 e. The molecule has 1 atom stereocenters. The molecule has 3 rings (SSSR count). The first-order valence-electron chi connectivity index (χ1n) is 8.71. The summed E-state index contributed by atoms with van der Waals surface area (Å²) in [5.74, 6) is -0.702. The average molecular weight is 377 g/mol. The van der Waals surface area contributed by atoms with Gasteiger partial charge in [-0.2, -0.15) is 0 Å². The van der Waals surface area contributed by atoms with Gasteiger partial charge in [0.15, 0.2) is 0 Å². The summed E-state index contributed by atoms with van der Waals surface area (Å²) >= 11 is 6.01. The third-order valence-electron chi connectivity index (χ3n) is 4.56. The summed E-state index contributed by atoms with van der Waals surface area (Å²) in [5, 5.41) is 3.21. The predicted octanol–water partition coefficient (Wildman–Crippen LogP) is 3.21. The molecule has 1 aliphatic heterocycles. The van der Waals surface area contributed by atoms with Gasteiger partial charge in [0.2, 0.25) is 5.91 Å². The first-order valence-corrected chi connectivity index (χ1v) is 9.09. The molecule has 0 spiro atoms. The maximum Gasteiger partial charge on any atom is 0.224 e. The highest BCUT2D eigenvalue weighted by molar-refractivity contribution is 6.31. The maximum atomic E-state index is 13.9. The van der Waals surface area contributed by atoms with Gasteiger partial charge in [-0.1, -0.05) is 48.0 Å². The number of morpholine rings is 1. The van der Waals surface area contributed by atoms with Crippen molar-refractivity contribution < 1.29 is 13.9 Å². The molecule has 1 aliphatic rings. The van der Waals surface area contributed by atoms with E-state index in [1.54, 1.807) is 6.07 Å². The predicted molar refractivity (Wildman–Crippen MR) is 99.7 cm³/mol. The van der Waals surface area contributed by atoms with Crippen molar-refractivity contribution in [3.05, 3.63) is 70.5 Å². The zero-order valence-corrected chi connectivity index (χ0v) is 15.2. The van der Waals surface area contributed by atoms with Gasteiger partial charge in [0.1, 0.15) is 5.82 Å². The van der Waals surface area contributed by atoms with E-state index in [4.69, 9.17) is 16.3 Å². The van der Waals surface area contributed by atoms with Crippen molar-refractivity contribution in [2.45, 2.75) is 12.5 Å². The van der Waals surface area contributed by atoms with E-state index in [0.717, 1.165) is 18.7 Å². The summed E-state index contributed by atoms with van der Waals surface area (Å²) in [7, 11) is 0. The standard InChI is InChI=1S/C20H22ClFN2O2/c21-17-7-4-8-18(22)16(17)13-20(25)23-14-19(15-5-2-1-3-6-15)24-9-11-26-12-10-24/h1-8,19H,9-14H2,(H,23,25). The van der Waals surface area contributed by atoms with Gasteiger partial charge in [0.05, 0.1) is 25.7 Å². The highest BCUT2D eigenvalue weighted by atomic mass is 35.5. The topological polar surface area (TPSA) is 41.6 Å². The molecule has 1 heterocycles. The van der Waals surface area contributed by atoms with Crippen LogP contribution in [0.2, 0.25) is 5.02 Å². The minimum atomic E-state index is -0.458. The van der Waals surface area contributed by atoms with Crippen LogP contribution in [0.3, 0.4) is 0 Å². The molecule has 6 heteroatoms. The van der Waals surface area contributed by atoms with Crippen LogP contribution < -0.4 is 5.32 Å². The molecule has 0 bridgehead atoms. The molecule has 138 valence electrons. The molecule has 0 radical (unpaired) electrons. The number of hydrogen-bond donors (Lipinski definition) is 1. The molecule has 1 amide bonds. The SMILES string of the molecule is O=C(Cc1c(F)cccc1Cl)NCC(c1ccccc1)N1CCOCC1. The van der Waals surface area contributed by atoms with E-state index in [1.165, 1.54) is 12.1 Å². The van der Waals surface area contributed by atoms with E-state index in [9.17, 15) is 9.18 Å². The van der Waals surface area contributed by atoms with E-state index >= 15 is 0 Å². The Hall–Kier alpha value is -1.95. The molecule has 4 nitrogen and oxygen atoms in total. The van der Waals surface area contributed by atoms with Crippen molar-refractivity contribution >= 4 is 17.5 Å². The Labute approximate surface area is 157 Å². The van der Waals surface area contributed by atoms with Crippen molar-refractivity contribution in [3.8, 4) is 0 Å². The molecule has 1 fully saturated rings. The average Bonchev–Trinajstić information content (AvgIpc) is 2.67. The third kappa shape index (κ3) is 4.81. The molecule has 0 aromatic heterocycles. The second-order valence-electron chi connectivity index (χ2n) is 6.26. The van der Waals surface area contributed by atoms with Crippen molar-refractivity contribution in [2.24, 2.45) is 0 Å². The quantitative estimate of drug-likeness (QED) is 0.841. The van der Waals surface area contributed by atoms with Crippen molar-refractivity contribution in [1.82, 2.24) is 10.2 Å². The van der Waals surface area contributed by atoms with Crippen LogP contribution in [0.5, 0.6) is 0 Å². The fourth-order valence-electron chi connectivity index (χ4n) is 3.16. The number of carbonyl (C=O) groups excluding carboxylic acids is 1. The number of hydrogen-bond acceptors (Lipinski definition) is 3. The highest BCUT2D eigenvalue weighted by Gasteiger charge is 2.23. The molecule has 1 N–H and O–H groups in total. The van der Waals surface area contributed by atoms with Crippen LogP contribution in [0.1, 0.15) is 17.2 Å². The van der Waals surface area contributed by atoms with E-state index in [-0.39, 0.29) is 29.0 Å². The second-order valence-corrected chi connectivity index (χ2v) is 6.66. The van der Waals surface area contributed by atoms with Crippen molar-refractivity contribution in [1.29, 1.82) is 0 Å². The van der Waals surface area contributed by atoms with Crippen LogP contribution in [-0.4, -0.2) is 43.7 Å². The van der Waals surface area contributed by atoms with Gasteiger partial charge in [0, 0.05) is 30.2 Å². The summed E-state index contributed by atoms with van der Waals surface area (Å²) in [6, 6.07) is 14.6. The van der Waals surface area contributed by atoms with Crippen LogP contribution in [0.4, 0.5) is 4.39 Å². The summed E-state index contributed by atoms with van der Waals surface area (Å²) in [6.07, 6.45) is -0.0733. The zero-order chi connectivity index (χ0) is 18.4. The number of halogens is 2. The van der Waals surface area contributed by atoms with Crippen LogP contribution in [0, 0.1) is 5.82 Å². The lowest BCUT2D eigenvalue weighted by atomic mass is 10.0. The first-order chi connectivity index (χ1) is 12.6. The number of amides is 1. The number of benzene rings is 2. The summed E-state index contributed by atoms with van der Waals surface area (Å²) in [4.78, 5) is 14.7. The normalized spacial score (nSPS) is 16.2. The summed E-state index contributed by atoms with van der Waals surface area (Å²) in [6.45, 7) is 3.45. The Bertz CT molecular complexity index is 716. The third-order valence-corrected chi connectivity index (χ3v) is 4.92. The first kappa shape index (κ1) is 18.8. The van der Waals surface area contributed by atoms with Gasteiger partial charge < -0.3 is 10.1 Å². The molecular formula is C20H22ClFN2O2. The number of ether oxygens (including phenoxy) is 1. The summed E-state index contributed by atoms with van der Waals surface area (Å²) < 4.78 is 19.3. The lowest BCUT2D eigenvalue weighted by molar-refractivity contribution is -0.120. The number of rotatable bonds is 6. The Kier molecular flexibility index (Phi) is 6.61. The molecule has 0 aliphatic carbocycles. The monoisotopic (exact) mass is 376 g/mol. The lowest BCUT2D eigenvalue weighted by Gasteiger charge is -2.35. The second kappa shape index (κ2) is 9.12.